The number of nitrogens with one attached hydrogen (secondary N) is 1. The molecular weight excluding hydrogens is 1070 g/mol. The van der Waals surface area contributed by atoms with Crippen LogP contribution < -0.4 is 16.8 Å². The maximum absolute atomic E-state index is 11.4. The zero-order valence-corrected chi connectivity index (χ0v) is 50.1. The molecule has 1 aliphatic carbocycles. The van der Waals surface area contributed by atoms with E-state index in [2.05, 4.69) is 10.3 Å². The molecule has 0 aliphatic heterocycles. The second-order valence-corrected chi connectivity index (χ2v) is 22.2. The van der Waals surface area contributed by atoms with Gasteiger partial charge < -0.3 is 83.2 Å². The molecule has 1 fully saturated rings. The van der Waals surface area contributed by atoms with Crippen molar-refractivity contribution in [1.82, 2.24) is 5.32 Å². The van der Waals surface area contributed by atoms with Gasteiger partial charge in [0.1, 0.15) is 0 Å². The number of hydrogen-bond acceptors (Lipinski definition) is 15. The van der Waals surface area contributed by atoms with Crippen molar-refractivity contribution < 1.29 is 71.2 Å². The first-order valence-electron chi connectivity index (χ1n) is 29.9. The quantitative estimate of drug-likeness (QED) is 0.00857. The molecule has 0 heterocycles. The number of aliphatic hydroxyl groups is 12. The molecule has 18 N–H and O–H groups in total. The Balaban J connectivity index is 2.53. The number of nitrogens with zero attached hydrogens (tertiary/aromatic N) is 1. The third-order valence-electron chi connectivity index (χ3n) is 14.4. The fourth-order valence-corrected chi connectivity index (χ4v) is 9.25. The normalized spacial score (nSPS) is 20.5. The maximum Gasteiger partial charge on any atom is 0.331 e. The number of carbonyl (C=O) groups is 1. The van der Waals surface area contributed by atoms with Gasteiger partial charge in [0.25, 0.3) is 0 Å². The van der Waals surface area contributed by atoms with Crippen LogP contribution in [0.1, 0.15) is 130 Å². The molecule has 0 aromatic rings. The van der Waals surface area contributed by atoms with Crippen LogP contribution in [0.15, 0.2) is 162 Å². The molecular formula is C66H106N4O14. The van der Waals surface area contributed by atoms with Crippen LogP contribution >= 0.6 is 0 Å². The molecule has 84 heavy (non-hydrogen) atoms. The van der Waals surface area contributed by atoms with Crippen molar-refractivity contribution in [3.63, 3.8) is 0 Å². The number of allylic oxidation sites excluding steroid dienone is 16. The lowest BCUT2D eigenvalue weighted by Crippen LogP contribution is -2.52. The van der Waals surface area contributed by atoms with E-state index in [1.165, 1.54) is 31.2 Å². The summed E-state index contributed by atoms with van der Waals surface area (Å²) in [5.74, 6) is -1.92. The van der Waals surface area contributed by atoms with E-state index in [0.717, 1.165) is 38.5 Å². The summed E-state index contributed by atoms with van der Waals surface area (Å²) in [6.45, 7) is 7.49. The summed E-state index contributed by atoms with van der Waals surface area (Å²) in [5, 5.41) is 140. The van der Waals surface area contributed by atoms with Crippen LogP contribution in [-0.2, 0) is 4.79 Å². The largest absolute Gasteiger partial charge is 0.478 e. The molecule has 0 aromatic heterocycles. The number of nitrogens with two attached hydrogens (primary N) is 2. The van der Waals surface area contributed by atoms with Gasteiger partial charge in [-0.15, -0.1) is 0 Å². The van der Waals surface area contributed by atoms with Gasteiger partial charge in [0.05, 0.1) is 73.2 Å². The van der Waals surface area contributed by atoms with Crippen molar-refractivity contribution >= 4 is 11.9 Å². The number of rotatable bonds is 45. The highest BCUT2D eigenvalue weighted by Gasteiger charge is 2.33. The Morgan fingerprint density at radius 1 is 0.524 bits per heavy atom. The van der Waals surface area contributed by atoms with Crippen LogP contribution in [0.5, 0.6) is 0 Å². The highest BCUT2D eigenvalue weighted by Crippen LogP contribution is 2.24. The molecule has 1 saturated carbocycles. The van der Waals surface area contributed by atoms with Gasteiger partial charge in [-0.2, -0.15) is 0 Å². The SMILES string of the molecule is C\C(=C/C=C/C=C/CC/C=C/C(C)C(O)C(C)C(O)/C=C/C=C/C=C/C=C/C=C/C=C\C(O)C(C)C(NC1CCCC1)C(O)CC(O)/C=C/CC(O)CC(O)CC(O)/C=C/CC(O)CC(O)/C=C/CC(O)CC(O)CCCN=C(N)N)C(=O)O. The summed E-state index contributed by atoms with van der Waals surface area (Å²) in [5.41, 5.74) is 10.8. The molecule has 18 nitrogen and oxygen atoms in total. The van der Waals surface area contributed by atoms with Crippen molar-refractivity contribution in [1.29, 1.82) is 0 Å². The van der Waals surface area contributed by atoms with Gasteiger partial charge in [-0.25, -0.2) is 4.79 Å². The lowest BCUT2D eigenvalue weighted by molar-refractivity contribution is -0.132. The van der Waals surface area contributed by atoms with Crippen LogP contribution in [0, 0.1) is 17.8 Å². The third-order valence-corrected chi connectivity index (χ3v) is 14.4. The molecule has 0 radical (unpaired) electrons. The van der Waals surface area contributed by atoms with Gasteiger partial charge >= 0.3 is 5.97 Å². The first kappa shape index (κ1) is 76.9. The molecule has 16 unspecified atom stereocenters. The van der Waals surface area contributed by atoms with Crippen molar-refractivity contribution in [2.75, 3.05) is 6.54 Å². The van der Waals surface area contributed by atoms with E-state index >= 15 is 0 Å². The molecule has 16 atom stereocenters. The zero-order chi connectivity index (χ0) is 62.7. The van der Waals surface area contributed by atoms with Gasteiger partial charge in [0, 0.05) is 61.2 Å². The van der Waals surface area contributed by atoms with Gasteiger partial charge in [-0.3, -0.25) is 4.99 Å². The minimum atomic E-state index is -1.05. The average molecular weight is 1180 g/mol. The minimum Gasteiger partial charge on any atom is -0.478 e. The molecule has 0 aromatic carbocycles. The third kappa shape index (κ3) is 39.5. The maximum atomic E-state index is 11.4. The number of aliphatic carboxylic acids is 1. The van der Waals surface area contributed by atoms with Gasteiger partial charge in [0.15, 0.2) is 5.96 Å². The van der Waals surface area contributed by atoms with E-state index in [0.29, 0.717) is 19.4 Å². The molecule has 18 heteroatoms. The molecule has 0 amide bonds. The lowest BCUT2D eigenvalue weighted by atomic mass is 9.88. The Morgan fingerprint density at radius 2 is 0.976 bits per heavy atom. The van der Waals surface area contributed by atoms with Gasteiger partial charge in [-0.1, -0.05) is 186 Å². The van der Waals surface area contributed by atoms with Crippen molar-refractivity contribution in [2.24, 2.45) is 34.2 Å². The van der Waals surface area contributed by atoms with Crippen LogP contribution in [0.25, 0.3) is 0 Å². The second-order valence-electron chi connectivity index (χ2n) is 22.2. The highest BCUT2D eigenvalue weighted by atomic mass is 16.4. The fourth-order valence-electron chi connectivity index (χ4n) is 9.25. The summed E-state index contributed by atoms with van der Waals surface area (Å²) < 4.78 is 0. The van der Waals surface area contributed by atoms with E-state index in [1.54, 1.807) is 66.8 Å². The number of carboxylic acids is 1. The summed E-state index contributed by atoms with van der Waals surface area (Å²) in [4.78, 5) is 14.7. The Morgan fingerprint density at radius 3 is 1.50 bits per heavy atom. The Hall–Kier alpha value is -5.16. The van der Waals surface area contributed by atoms with Crippen molar-refractivity contribution in [2.45, 2.75) is 216 Å². The summed E-state index contributed by atoms with van der Waals surface area (Å²) in [7, 11) is 0. The minimum absolute atomic E-state index is 0.0134. The van der Waals surface area contributed by atoms with Crippen molar-refractivity contribution in [3.05, 3.63) is 157 Å². The average Bonchev–Trinajstić information content (AvgIpc) is 4.06. The van der Waals surface area contributed by atoms with Gasteiger partial charge in [0.2, 0.25) is 0 Å². The number of aliphatic hydroxyl groups excluding tert-OH is 12. The highest BCUT2D eigenvalue weighted by molar-refractivity contribution is 5.86. The number of guanidine groups is 1. The lowest BCUT2D eigenvalue weighted by Gasteiger charge is -2.34. The molecule has 0 bridgehead atoms. The molecule has 0 saturated heterocycles. The summed E-state index contributed by atoms with van der Waals surface area (Å²) >= 11 is 0. The fraction of sp³-hybridized carbons (Fsp3) is 0.576. The summed E-state index contributed by atoms with van der Waals surface area (Å²) in [6.07, 6.45) is 39.3. The predicted octanol–water partition coefficient (Wildman–Crippen LogP) is 5.79. The summed E-state index contributed by atoms with van der Waals surface area (Å²) in [6, 6.07) is -0.347. The number of hydrogen-bond donors (Lipinski definition) is 16. The van der Waals surface area contributed by atoms with Crippen LogP contribution in [-0.4, -0.2) is 170 Å². The molecule has 474 valence electrons. The first-order chi connectivity index (χ1) is 40.0. The molecule has 1 aliphatic rings. The molecule has 0 spiro atoms. The van der Waals surface area contributed by atoms with E-state index < -0.39 is 91.2 Å². The Bertz CT molecular complexity index is 2190. The predicted molar refractivity (Wildman–Crippen MR) is 336 cm³/mol. The van der Waals surface area contributed by atoms with E-state index in [1.807, 2.05) is 81.5 Å². The Labute approximate surface area is 500 Å². The van der Waals surface area contributed by atoms with E-state index in [9.17, 15) is 66.1 Å². The van der Waals surface area contributed by atoms with E-state index in [-0.39, 0.29) is 80.8 Å². The van der Waals surface area contributed by atoms with Crippen molar-refractivity contribution in [3.8, 4) is 0 Å². The molecule has 1 rings (SSSR count). The standard InChI is InChI=1S/C66H106N4O14/c1-47(28-18-14-10-9-11-15-19-29-48(2)65(83)84)64(82)50(4)61(80)40-21-17-13-8-6-5-7-12-16-20-39-60(79)49(3)63(70-51-30-22-23-31-51)62(81)46-58(77)37-26-36-56(75)45-59(78)44-55(74)35-25-34-53(72)42-52(71)32-24-33-54(73)43-57(76)38-27-41-69-66(67)68/h5-9,11-13,15-21,24-26,28-29,32,35,37,39-40,47,49-64,70-82H,10,14,22-23,27,30-31,33-34,36,38,41-46H2,1-4H3,(H,83,84)(H4,67,68,69)/b7-5+,8-6+,11-9+,16-12+,17-13+,19-15+,28-18+,32-24+,35-25+,37-26+,39-20-,40-21+,48-29+. The topological polar surface area (TPSA) is 356 Å². The second kappa shape index (κ2) is 47.0. The van der Waals surface area contributed by atoms with Crippen LogP contribution in [0.3, 0.4) is 0 Å². The number of carboxylic acid groups (broad SMARTS) is 1. The van der Waals surface area contributed by atoms with Crippen LogP contribution in [0.4, 0.5) is 0 Å². The van der Waals surface area contributed by atoms with Crippen LogP contribution in [0.2, 0.25) is 0 Å². The number of unbranched alkanes of at least 4 members (excludes halogenated alkanes) is 1. The van der Waals surface area contributed by atoms with E-state index in [4.69, 9.17) is 16.6 Å². The zero-order valence-electron chi connectivity index (χ0n) is 50.1. The Kier molecular flexibility index (Phi) is 43.0. The smallest absolute Gasteiger partial charge is 0.331 e. The van der Waals surface area contributed by atoms with Gasteiger partial charge in [-0.05, 0) is 77.6 Å². The first-order valence-corrected chi connectivity index (χ1v) is 29.9. The monoisotopic (exact) mass is 1180 g/mol. The number of aliphatic imine (C=N–C) groups is 1.